The van der Waals surface area contributed by atoms with Gasteiger partial charge >= 0.3 is 0 Å². The van der Waals surface area contributed by atoms with Crippen molar-refractivity contribution in [3.05, 3.63) is 18.1 Å². The zero-order chi connectivity index (χ0) is 13.1. The second-order valence-corrected chi connectivity index (χ2v) is 4.91. The van der Waals surface area contributed by atoms with E-state index in [1.165, 1.54) is 31.2 Å². The molecule has 0 atom stereocenters. The molecule has 0 fully saturated rings. The Morgan fingerprint density at radius 2 is 1.89 bits per heavy atom. The Morgan fingerprint density at radius 1 is 1.22 bits per heavy atom. The van der Waals surface area contributed by atoms with E-state index in [1.54, 1.807) is 6.33 Å². The molecular formula is C14H22N4. The van der Waals surface area contributed by atoms with Crippen LogP contribution >= 0.6 is 0 Å². The van der Waals surface area contributed by atoms with Crippen molar-refractivity contribution in [1.29, 1.82) is 0 Å². The van der Waals surface area contributed by atoms with Crippen LogP contribution in [0.15, 0.2) is 12.5 Å². The highest BCUT2D eigenvalue weighted by Gasteiger charge is 2.16. The summed E-state index contributed by atoms with van der Waals surface area (Å²) in [5.41, 5.74) is 8.10. The fraction of sp³-hybridized carbons (Fsp3) is 0.571. The van der Waals surface area contributed by atoms with Gasteiger partial charge in [-0.2, -0.15) is 0 Å². The highest BCUT2D eigenvalue weighted by molar-refractivity contribution is 5.89. The summed E-state index contributed by atoms with van der Waals surface area (Å²) in [6, 6.07) is 0.519. The minimum atomic E-state index is 0.519. The summed E-state index contributed by atoms with van der Waals surface area (Å²) in [6.45, 7) is 6.53. The summed E-state index contributed by atoms with van der Waals surface area (Å²) < 4.78 is 2.29. The molecule has 0 aromatic carbocycles. The van der Waals surface area contributed by atoms with E-state index < -0.39 is 0 Å². The van der Waals surface area contributed by atoms with Crippen LogP contribution < -0.4 is 5.73 Å². The van der Waals surface area contributed by atoms with Crippen molar-refractivity contribution in [1.82, 2.24) is 14.5 Å². The number of aromatic nitrogens is 3. The molecule has 0 saturated heterocycles. The number of hydrogen-bond donors (Lipinski definition) is 1. The maximum Gasteiger partial charge on any atom is 0.145 e. The van der Waals surface area contributed by atoms with Gasteiger partial charge in [-0.15, -0.1) is 0 Å². The number of aryl methyl sites for hydroxylation is 1. The topological polar surface area (TPSA) is 56.7 Å². The Bertz CT molecular complexity index is 524. The van der Waals surface area contributed by atoms with Gasteiger partial charge in [0.05, 0.1) is 5.39 Å². The largest absolute Gasteiger partial charge is 0.383 e. The summed E-state index contributed by atoms with van der Waals surface area (Å²) in [4.78, 5) is 8.51. The van der Waals surface area contributed by atoms with Gasteiger partial charge in [0.15, 0.2) is 0 Å². The predicted octanol–water partition coefficient (Wildman–Crippen LogP) is 3.46. The van der Waals surface area contributed by atoms with Crippen molar-refractivity contribution in [2.24, 2.45) is 0 Å². The fourth-order valence-corrected chi connectivity index (χ4v) is 2.67. The minimum Gasteiger partial charge on any atom is -0.383 e. The molecule has 0 bridgehead atoms. The Morgan fingerprint density at radius 3 is 2.50 bits per heavy atom. The molecule has 2 aromatic rings. The van der Waals surface area contributed by atoms with Crippen molar-refractivity contribution in [3.63, 3.8) is 0 Å². The molecule has 0 aliphatic carbocycles. The Kier molecular flexibility index (Phi) is 3.84. The van der Waals surface area contributed by atoms with E-state index in [2.05, 4.69) is 41.5 Å². The third kappa shape index (κ3) is 2.19. The Hall–Kier alpha value is -1.58. The van der Waals surface area contributed by atoms with E-state index in [1.807, 2.05) is 0 Å². The average Bonchev–Trinajstić information content (AvgIpc) is 2.68. The van der Waals surface area contributed by atoms with Gasteiger partial charge in [-0.05, 0) is 25.3 Å². The van der Waals surface area contributed by atoms with Crippen molar-refractivity contribution >= 4 is 16.9 Å². The Balaban J connectivity index is 2.53. The lowest BCUT2D eigenvalue weighted by Gasteiger charge is -2.18. The first-order valence-corrected chi connectivity index (χ1v) is 6.76. The molecular weight excluding hydrogens is 224 g/mol. The second kappa shape index (κ2) is 5.38. The molecule has 0 aliphatic rings. The molecule has 2 heterocycles. The average molecular weight is 246 g/mol. The molecule has 0 saturated carbocycles. The summed E-state index contributed by atoms with van der Waals surface area (Å²) in [7, 11) is 0. The van der Waals surface area contributed by atoms with Gasteiger partial charge in [-0.25, -0.2) is 9.97 Å². The molecule has 2 aromatic heterocycles. The van der Waals surface area contributed by atoms with Gasteiger partial charge in [-0.3, -0.25) is 0 Å². The molecule has 2 N–H and O–H groups in total. The lowest BCUT2D eigenvalue weighted by molar-refractivity contribution is 0.435. The summed E-state index contributed by atoms with van der Waals surface area (Å²) in [5.74, 6) is 0.586. The van der Waals surface area contributed by atoms with Crippen LogP contribution in [-0.4, -0.2) is 14.5 Å². The molecule has 18 heavy (non-hydrogen) atoms. The van der Waals surface area contributed by atoms with E-state index in [4.69, 9.17) is 5.73 Å². The van der Waals surface area contributed by atoms with Crippen LogP contribution in [0.5, 0.6) is 0 Å². The lowest BCUT2D eigenvalue weighted by atomic mass is 10.1. The number of nitrogens with zero attached hydrogens (tertiary/aromatic N) is 3. The summed E-state index contributed by atoms with van der Waals surface area (Å²) in [6.07, 6.45) is 8.46. The van der Waals surface area contributed by atoms with Gasteiger partial charge in [0.2, 0.25) is 0 Å². The fourth-order valence-electron chi connectivity index (χ4n) is 2.67. The zero-order valence-electron chi connectivity index (χ0n) is 11.5. The second-order valence-electron chi connectivity index (χ2n) is 4.91. The molecule has 0 aliphatic heterocycles. The monoisotopic (exact) mass is 246 g/mol. The van der Waals surface area contributed by atoms with Gasteiger partial charge in [0.1, 0.15) is 17.8 Å². The van der Waals surface area contributed by atoms with Crippen LogP contribution in [0.2, 0.25) is 0 Å². The van der Waals surface area contributed by atoms with E-state index in [0.717, 1.165) is 11.0 Å². The molecule has 0 radical (unpaired) electrons. The van der Waals surface area contributed by atoms with E-state index in [0.29, 0.717) is 11.9 Å². The van der Waals surface area contributed by atoms with Crippen LogP contribution in [0.25, 0.3) is 11.0 Å². The maximum atomic E-state index is 5.95. The number of fused-ring (bicyclic) bond motifs is 1. The molecule has 4 nitrogen and oxygen atoms in total. The van der Waals surface area contributed by atoms with Crippen LogP contribution in [0.1, 0.15) is 51.1 Å². The smallest absolute Gasteiger partial charge is 0.145 e. The molecule has 98 valence electrons. The van der Waals surface area contributed by atoms with E-state index in [9.17, 15) is 0 Å². The third-order valence-corrected chi connectivity index (χ3v) is 3.47. The van der Waals surface area contributed by atoms with Gasteiger partial charge in [0.25, 0.3) is 0 Å². The third-order valence-electron chi connectivity index (χ3n) is 3.47. The first kappa shape index (κ1) is 12.9. The summed E-state index contributed by atoms with van der Waals surface area (Å²) >= 11 is 0. The number of nitrogen functional groups attached to an aromatic ring is 1. The van der Waals surface area contributed by atoms with Crippen molar-refractivity contribution in [2.45, 2.75) is 52.5 Å². The lowest BCUT2D eigenvalue weighted by Crippen LogP contribution is -2.08. The standard InChI is InChI=1S/C14H22N4/c1-4-6-11(7-5-2)18-8-10(3)12-13(15)16-9-17-14(12)18/h8-9,11H,4-7H2,1-3H3,(H2,15,16,17). The molecule has 0 spiro atoms. The number of nitrogens with two attached hydrogens (primary N) is 1. The van der Waals surface area contributed by atoms with Crippen molar-refractivity contribution in [2.75, 3.05) is 5.73 Å². The number of rotatable bonds is 5. The maximum absolute atomic E-state index is 5.95. The highest BCUT2D eigenvalue weighted by Crippen LogP contribution is 2.29. The van der Waals surface area contributed by atoms with Crippen LogP contribution in [0.3, 0.4) is 0 Å². The normalized spacial score (nSPS) is 11.6. The number of anilines is 1. The minimum absolute atomic E-state index is 0.519. The van der Waals surface area contributed by atoms with Gasteiger partial charge in [-0.1, -0.05) is 26.7 Å². The summed E-state index contributed by atoms with van der Waals surface area (Å²) in [5, 5.41) is 1.01. The van der Waals surface area contributed by atoms with E-state index in [-0.39, 0.29) is 0 Å². The Labute approximate surface area is 108 Å². The van der Waals surface area contributed by atoms with Gasteiger partial charge < -0.3 is 10.3 Å². The number of hydrogen-bond acceptors (Lipinski definition) is 3. The molecule has 0 unspecified atom stereocenters. The van der Waals surface area contributed by atoms with Crippen molar-refractivity contribution in [3.8, 4) is 0 Å². The molecule has 2 rings (SSSR count). The first-order valence-electron chi connectivity index (χ1n) is 6.76. The quantitative estimate of drug-likeness (QED) is 0.879. The molecule has 4 heteroatoms. The highest BCUT2D eigenvalue weighted by atomic mass is 15.1. The molecule has 0 amide bonds. The predicted molar refractivity (Wildman–Crippen MR) is 75.5 cm³/mol. The van der Waals surface area contributed by atoms with Crippen LogP contribution in [0, 0.1) is 6.92 Å². The SMILES string of the molecule is CCCC(CCC)n1cc(C)c2c(N)ncnc21. The van der Waals surface area contributed by atoms with Crippen LogP contribution in [-0.2, 0) is 0 Å². The van der Waals surface area contributed by atoms with Crippen LogP contribution in [0.4, 0.5) is 5.82 Å². The first-order chi connectivity index (χ1) is 8.69. The zero-order valence-corrected chi connectivity index (χ0v) is 11.5. The van der Waals surface area contributed by atoms with E-state index >= 15 is 0 Å². The van der Waals surface area contributed by atoms with Crippen molar-refractivity contribution < 1.29 is 0 Å². The van der Waals surface area contributed by atoms with Gasteiger partial charge in [0, 0.05) is 12.2 Å².